The molecule has 2 amide bonds. The number of benzene rings is 1. The molecule has 1 saturated carbocycles. The Kier molecular flexibility index (Phi) is 5.62. The first-order chi connectivity index (χ1) is 10.1. The third kappa shape index (κ3) is 4.46. The number of rotatable bonds is 4. The van der Waals surface area contributed by atoms with Crippen LogP contribution in [-0.4, -0.2) is 24.4 Å². The van der Waals surface area contributed by atoms with Gasteiger partial charge >= 0.3 is 0 Å². The van der Waals surface area contributed by atoms with Crippen molar-refractivity contribution in [2.24, 2.45) is 5.92 Å². The van der Waals surface area contributed by atoms with E-state index in [1.54, 1.807) is 24.3 Å². The molecule has 21 heavy (non-hydrogen) atoms. The Balaban J connectivity index is 1.81. The van der Waals surface area contributed by atoms with Gasteiger partial charge in [-0.3, -0.25) is 9.59 Å². The summed E-state index contributed by atoms with van der Waals surface area (Å²) < 4.78 is 0. The van der Waals surface area contributed by atoms with E-state index < -0.39 is 0 Å². The van der Waals surface area contributed by atoms with E-state index in [9.17, 15) is 9.59 Å². The molecule has 0 aliphatic heterocycles. The molecular weight excluding hydrogens is 288 g/mol. The fourth-order valence-corrected chi connectivity index (χ4v) is 2.91. The van der Waals surface area contributed by atoms with Crippen LogP contribution in [0.3, 0.4) is 0 Å². The van der Waals surface area contributed by atoms with Gasteiger partial charge in [0.25, 0.3) is 5.91 Å². The predicted molar refractivity (Wildman–Crippen MR) is 83.3 cm³/mol. The molecule has 2 N–H and O–H groups in total. The van der Waals surface area contributed by atoms with Gasteiger partial charge in [-0.25, -0.2) is 0 Å². The van der Waals surface area contributed by atoms with Crippen LogP contribution in [0.5, 0.6) is 0 Å². The van der Waals surface area contributed by atoms with Crippen LogP contribution < -0.4 is 10.6 Å². The molecule has 2 rings (SSSR count). The highest BCUT2D eigenvalue weighted by Gasteiger charge is 2.22. The second-order valence-electron chi connectivity index (χ2n) is 5.60. The van der Waals surface area contributed by atoms with Crippen LogP contribution in [0.2, 0.25) is 5.02 Å². The largest absolute Gasteiger partial charge is 0.352 e. The Labute approximate surface area is 130 Å². The van der Waals surface area contributed by atoms with Crippen molar-refractivity contribution in [3.63, 3.8) is 0 Å². The molecule has 1 aromatic carbocycles. The Morgan fingerprint density at radius 2 is 1.95 bits per heavy atom. The molecule has 1 aliphatic rings. The fraction of sp³-hybridized carbons (Fsp3) is 0.500. The zero-order chi connectivity index (χ0) is 15.2. The molecular formula is C16H21ClN2O2. The highest BCUT2D eigenvalue weighted by Crippen LogP contribution is 2.23. The second kappa shape index (κ2) is 7.46. The van der Waals surface area contributed by atoms with Crippen molar-refractivity contribution in [2.75, 3.05) is 6.54 Å². The topological polar surface area (TPSA) is 58.2 Å². The number of nitrogens with one attached hydrogen (secondary N) is 2. The average molecular weight is 309 g/mol. The van der Waals surface area contributed by atoms with Crippen LogP contribution >= 0.6 is 11.6 Å². The van der Waals surface area contributed by atoms with Crippen LogP contribution in [0.1, 0.15) is 43.0 Å². The summed E-state index contributed by atoms with van der Waals surface area (Å²) in [4.78, 5) is 23.9. The van der Waals surface area contributed by atoms with Gasteiger partial charge in [-0.05, 0) is 30.9 Å². The summed E-state index contributed by atoms with van der Waals surface area (Å²) in [7, 11) is 0. The first kappa shape index (κ1) is 15.8. The van der Waals surface area contributed by atoms with E-state index in [4.69, 9.17) is 11.6 Å². The smallest absolute Gasteiger partial charge is 0.253 e. The van der Waals surface area contributed by atoms with E-state index >= 15 is 0 Å². The van der Waals surface area contributed by atoms with E-state index in [-0.39, 0.29) is 24.4 Å². The lowest BCUT2D eigenvalue weighted by atomic mass is 9.86. The zero-order valence-corrected chi connectivity index (χ0v) is 13.0. The maximum atomic E-state index is 12.0. The predicted octanol–water partition coefficient (Wildman–Crippen LogP) is 2.76. The third-order valence-corrected chi connectivity index (χ3v) is 4.32. The first-order valence-electron chi connectivity index (χ1n) is 7.40. The van der Waals surface area contributed by atoms with Crippen LogP contribution in [-0.2, 0) is 4.79 Å². The highest BCUT2D eigenvalue weighted by atomic mass is 35.5. The van der Waals surface area contributed by atoms with Gasteiger partial charge in [0.2, 0.25) is 5.91 Å². The van der Waals surface area contributed by atoms with Crippen LogP contribution in [0.4, 0.5) is 0 Å². The fourth-order valence-electron chi connectivity index (χ4n) is 2.69. The second-order valence-corrected chi connectivity index (χ2v) is 6.01. The maximum Gasteiger partial charge on any atom is 0.253 e. The Bertz CT molecular complexity index is 519. The van der Waals surface area contributed by atoms with E-state index in [0.717, 1.165) is 19.3 Å². The molecule has 1 aliphatic carbocycles. The summed E-state index contributed by atoms with van der Waals surface area (Å²) in [5.74, 6) is 0.0311. The summed E-state index contributed by atoms with van der Waals surface area (Å²) in [6, 6.07) is 7.02. The quantitative estimate of drug-likeness (QED) is 0.898. The van der Waals surface area contributed by atoms with Gasteiger partial charge in [-0.15, -0.1) is 0 Å². The minimum absolute atomic E-state index is 0.0206. The van der Waals surface area contributed by atoms with Crippen LogP contribution in [0.25, 0.3) is 0 Å². The summed E-state index contributed by atoms with van der Waals surface area (Å²) >= 11 is 5.95. The van der Waals surface area contributed by atoms with E-state index in [2.05, 4.69) is 17.6 Å². The van der Waals surface area contributed by atoms with Gasteiger partial charge < -0.3 is 10.6 Å². The molecule has 4 nitrogen and oxygen atoms in total. The van der Waals surface area contributed by atoms with E-state index in [0.29, 0.717) is 16.5 Å². The summed E-state index contributed by atoms with van der Waals surface area (Å²) in [6.07, 6.45) is 4.56. The molecule has 0 saturated heterocycles. The van der Waals surface area contributed by atoms with Crippen molar-refractivity contribution in [2.45, 2.75) is 38.6 Å². The van der Waals surface area contributed by atoms with Crippen molar-refractivity contribution in [1.82, 2.24) is 10.6 Å². The van der Waals surface area contributed by atoms with Gasteiger partial charge in [0.1, 0.15) is 0 Å². The number of hydrogen-bond donors (Lipinski definition) is 2. The highest BCUT2D eigenvalue weighted by molar-refractivity contribution is 6.33. The molecule has 1 fully saturated rings. The standard InChI is InChI=1S/C16H21ClN2O2/c1-11-6-2-5-9-14(11)19-15(20)10-18-16(21)12-7-3-4-8-13(12)17/h3-4,7-8,11,14H,2,5-6,9-10H2,1H3,(H,18,21)(H,19,20)/t11-,14-/m0/s1. The summed E-state index contributed by atoms with van der Waals surface area (Å²) in [5, 5.41) is 6.00. The molecule has 0 bridgehead atoms. The summed E-state index contributed by atoms with van der Waals surface area (Å²) in [5.41, 5.74) is 0.387. The molecule has 0 unspecified atom stereocenters. The lowest BCUT2D eigenvalue weighted by Gasteiger charge is -2.29. The van der Waals surface area contributed by atoms with Crippen molar-refractivity contribution < 1.29 is 9.59 Å². The van der Waals surface area contributed by atoms with Gasteiger partial charge in [-0.2, -0.15) is 0 Å². The Morgan fingerprint density at radius 1 is 1.24 bits per heavy atom. The lowest BCUT2D eigenvalue weighted by Crippen LogP contribution is -2.45. The zero-order valence-electron chi connectivity index (χ0n) is 12.2. The van der Waals surface area contributed by atoms with Gasteiger partial charge in [0.15, 0.2) is 0 Å². The molecule has 0 aromatic heterocycles. The number of carbonyl (C=O) groups excluding carboxylic acids is 2. The van der Waals surface area contributed by atoms with Crippen molar-refractivity contribution in [3.05, 3.63) is 34.9 Å². The van der Waals surface area contributed by atoms with Crippen molar-refractivity contribution >= 4 is 23.4 Å². The number of amides is 2. The van der Waals surface area contributed by atoms with Gasteiger partial charge in [0.05, 0.1) is 17.1 Å². The lowest BCUT2D eigenvalue weighted by molar-refractivity contribution is -0.121. The maximum absolute atomic E-state index is 12.0. The SMILES string of the molecule is C[C@H]1CCCC[C@@H]1NC(=O)CNC(=O)c1ccccc1Cl. The average Bonchev–Trinajstić information content (AvgIpc) is 2.48. The molecule has 0 radical (unpaired) electrons. The van der Waals surface area contributed by atoms with Gasteiger partial charge in [0, 0.05) is 6.04 Å². The number of hydrogen-bond acceptors (Lipinski definition) is 2. The van der Waals surface area contributed by atoms with E-state index in [1.807, 2.05) is 0 Å². The van der Waals surface area contributed by atoms with Crippen LogP contribution in [0.15, 0.2) is 24.3 Å². The van der Waals surface area contributed by atoms with Crippen LogP contribution in [0, 0.1) is 5.92 Å². The normalized spacial score (nSPS) is 21.6. The first-order valence-corrected chi connectivity index (χ1v) is 7.78. The van der Waals surface area contributed by atoms with Crippen molar-refractivity contribution in [1.29, 1.82) is 0 Å². The minimum atomic E-state index is -0.326. The Hall–Kier alpha value is -1.55. The van der Waals surface area contributed by atoms with Crippen molar-refractivity contribution in [3.8, 4) is 0 Å². The number of carbonyl (C=O) groups is 2. The molecule has 0 heterocycles. The number of halogens is 1. The Morgan fingerprint density at radius 3 is 2.67 bits per heavy atom. The summed E-state index contributed by atoms with van der Waals surface area (Å²) in [6.45, 7) is 2.14. The molecule has 2 atom stereocenters. The minimum Gasteiger partial charge on any atom is -0.352 e. The molecule has 5 heteroatoms. The van der Waals surface area contributed by atoms with Gasteiger partial charge in [-0.1, -0.05) is 43.5 Å². The molecule has 114 valence electrons. The third-order valence-electron chi connectivity index (χ3n) is 3.99. The molecule has 0 spiro atoms. The molecule has 1 aromatic rings. The van der Waals surface area contributed by atoms with E-state index in [1.165, 1.54) is 6.42 Å². The monoisotopic (exact) mass is 308 g/mol.